The fraction of sp³-hybridized carbons (Fsp3) is 0.467. The number of Topliss-reactive ketones (excluding diaryl/α,β-unsaturated/α-hetero) is 1. The van der Waals surface area contributed by atoms with Gasteiger partial charge in [0.25, 0.3) is 0 Å². The predicted octanol–water partition coefficient (Wildman–Crippen LogP) is 2.73. The molecular weight excluding hydrogens is 224 g/mol. The van der Waals surface area contributed by atoms with Gasteiger partial charge in [0.05, 0.1) is 17.5 Å². The fourth-order valence-corrected chi connectivity index (χ4v) is 2.53. The molecule has 1 aromatic carbocycles. The summed E-state index contributed by atoms with van der Waals surface area (Å²) in [4.78, 5) is 16.7. The lowest BCUT2D eigenvalue weighted by molar-refractivity contribution is -0.122. The third-order valence-electron chi connectivity index (χ3n) is 4.05. The number of hydrogen-bond acceptors (Lipinski definition) is 2. The second-order valence-corrected chi connectivity index (χ2v) is 5.34. The van der Waals surface area contributed by atoms with Gasteiger partial charge >= 0.3 is 0 Å². The number of rotatable bonds is 4. The molecule has 18 heavy (non-hydrogen) atoms. The molecule has 1 saturated carbocycles. The normalized spacial score (nSPS) is 17.0. The third-order valence-corrected chi connectivity index (χ3v) is 4.05. The molecule has 0 N–H and O–H groups in total. The Balaban J connectivity index is 1.85. The highest BCUT2D eigenvalue weighted by atomic mass is 16.1. The van der Waals surface area contributed by atoms with Gasteiger partial charge in [0, 0.05) is 13.0 Å². The second kappa shape index (κ2) is 4.23. The maximum atomic E-state index is 12.2. The van der Waals surface area contributed by atoms with Crippen molar-refractivity contribution in [1.29, 1.82) is 0 Å². The van der Waals surface area contributed by atoms with Gasteiger partial charge in [-0.15, -0.1) is 0 Å². The molecule has 0 bridgehead atoms. The van der Waals surface area contributed by atoms with Crippen LogP contribution in [0.15, 0.2) is 24.3 Å². The van der Waals surface area contributed by atoms with E-state index < -0.39 is 0 Å². The molecule has 0 aliphatic heterocycles. The average Bonchev–Trinajstić information content (AvgIpc) is 3.17. The Hall–Kier alpha value is -1.64. The number of para-hydroxylation sites is 2. The lowest BCUT2D eigenvalue weighted by Crippen LogP contribution is -2.17. The van der Waals surface area contributed by atoms with Crippen molar-refractivity contribution in [2.45, 2.75) is 26.2 Å². The van der Waals surface area contributed by atoms with Crippen molar-refractivity contribution in [3.05, 3.63) is 30.1 Å². The molecule has 3 rings (SSSR count). The Morgan fingerprint density at radius 1 is 1.44 bits per heavy atom. The molecule has 0 saturated heterocycles. The van der Waals surface area contributed by atoms with Gasteiger partial charge in [-0.1, -0.05) is 19.1 Å². The van der Waals surface area contributed by atoms with Crippen molar-refractivity contribution in [3.8, 4) is 0 Å². The number of ketones is 1. The number of nitrogens with zero attached hydrogens (tertiary/aromatic N) is 2. The van der Waals surface area contributed by atoms with E-state index in [0.717, 1.165) is 16.9 Å². The lowest BCUT2D eigenvalue weighted by atomic mass is 9.98. The van der Waals surface area contributed by atoms with Crippen molar-refractivity contribution >= 4 is 16.8 Å². The zero-order valence-electron chi connectivity index (χ0n) is 10.9. The fourth-order valence-electron chi connectivity index (χ4n) is 2.53. The number of aryl methyl sites for hydroxylation is 1. The van der Waals surface area contributed by atoms with E-state index in [2.05, 4.69) is 11.9 Å². The molecule has 94 valence electrons. The molecule has 1 heterocycles. The number of imidazole rings is 1. The maximum Gasteiger partial charge on any atom is 0.143 e. The van der Waals surface area contributed by atoms with Crippen LogP contribution in [0.1, 0.15) is 25.6 Å². The summed E-state index contributed by atoms with van der Waals surface area (Å²) >= 11 is 0. The van der Waals surface area contributed by atoms with Crippen LogP contribution in [0.2, 0.25) is 0 Å². The highest BCUT2D eigenvalue weighted by Crippen LogP contribution is 2.37. The summed E-state index contributed by atoms with van der Waals surface area (Å²) in [5.41, 5.74) is 2.07. The maximum absolute atomic E-state index is 12.2. The van der Waals surface area contributed by atoms with Crippen LogP contribution >= 0.6 is 0 Å². The minimum Gasteiger partial charge on any atom is -0.331 e. The highest BCUT2D eigenvalue weighted by molar-refractivity contribution is 5.84. The van der Waals surface area contributed by atoms with E-state index >= 15 is 0 Å². The molecule has 1 aliphatic carbocycles. The largest absolute Gasteiger partial charge is 0.331 e. The van der Waals surface area contributed by atoms with E-state index in [1.165, 1.54) is 12.8 Å². The summed E-state index contributed by atoms with van der Waals surface area (Å²) < 4.78 is 2.03. The molecule has 3 nitrogen and oxygen atoms in total. The Kier molecular flexibility index (Phi) is 2.69. The van der Waals surface area contributed by atoms with Crippen LogP contribution in [-0.2, 0) is 18.3 Å². The van der Waals surface area contributed by atoms with Crippen LogP contribution in [0.4, 0.5) is 0 Å². The van der Waals surface area contributed by atoms with Crippen LogP contribution in [0.5, 0.6) is 0 Å². The number of carbonyl (C=O) groups is 1. The smallest absolute Gasteiger partial charge is 0.143 e. The Labute approximate surface area is 107 Å². The van der Waals surface area contributed by atoms with Gasteiger partial charge in [0.2, 0.25) is 0 Å². The molecule has 0 amide bonds. The monoisotopic (exact) mass is 242 g/mol. The molecule has 1 aliphatic rings. The number of fused-ring (bicyclic) bond motifs is 1. The van der Waals surface area contributed by atoms with Crippen LogP contribution in [0.3, 0.4) is 0 Å². The molecule has 1 unspecified atom stereocenters. The molecule has 0 spiro atoms. The quantitative estimate of drug-likeness (QED) is 0.826. The van der Waals surface area contributed by atoms with Gasteiger partial charge in [-0.25, -0.2) is 4.98 Å². The first-order valence-electron chi connectivity index (χ1n) is 6.60. The van der Waals surface area contributed by atoms with Gasteiger partial charge < -0.3 is 4.57 Å². The Morgan fingerprint density at radius 2 is 2.17 bits per heavy atom. The van der Waals surface area contributed by atoms with Crippen molar-refractivity contribution in [2.24, 2.45) is 18.9 Å². The summed E-state index contributed by atoms with van der Waals surface area (Å²) in [7, 11) is 1.99. The standard InChI is InChI=1S/C15H18N2O/c1-10(11-7-8-11)14(18)9-15-16-12-5-3-4-6-13(12)17(15)2/h3-6,10-11H,7-9H2,1-2H3. The zero-order chi connectivity index (χ0) is 12.7. The Morgan fingerprint density at radius 3 is 2.83 bits per heavy atom. The first kappa shape index (κ1) is 11.5. The molecule has 1 fully saturated rings. The molecule has 1 aromatic heterocycles. The van der Waals surface area contributed by atoms with Gasteiger partial charge in [-0.05, 0) is 30.9 Å². The van der Waals surface area contributed by atoms with Gasteiger partial charge in [-0.2, -0.15) is 0 Å². The molecule has 0 radical (unpaired) electrons. The van der Waals surface area contributed by atoms with Crippen molar-refractivity contribution in [1.82, 2.24) is 9.55 Å². The molecule has 1 atom stereocenters. The molecule has 2 aromatic rings. The van der Waals surface area contributed by atoms with Gasteiger partial charge in [0.1, 0.15) is 11.6 Å². The minimum absolute atomic E-state index is 0.199. The van der Waals surface area contributed by atoms with E-state index in [4.69, 9.17) is 0 Å². The third kappa shape index (κ3) is 1.94. The predicted molar refractivity (Wildman–Crippen MR) is 71.3 cm³/mol. The number of hydrogen-bond donors (Lipinski definition) is 0. The van der Waals surface area contributed by atoms with E-state index in [1.54, 1.807) is 0 Å². The van der Waals surface area contributed by atoms with Crippen molar-refractivity contribution in [3.63, 3.8) is 0 Å². The number of benzene rings is 1. The van der Waals surface area contributed by atoms with E-state index in [-0.39, 0.29) is 5.92 Å². The highest BCUT2D eigenvalue weighted by Gasteiger charge is 2.32. The average molecular weight is 242 g/mol. The summed E-state index contributed by atoms with van der Waals surface area (Å²) in [6.45, 7) is 2.06. The summed E-state index contributed by atoms with van der Waals surface area (Å²) in [5, 5.41) is 0. The first-order valence-corrected chi connectivity index (χ1v) is 6.60. The van der Waals surface area contributed by atoms with Crippen LogP contribution in [-0.4, -0.2) is 15.3 Å². The van der Waals surface area contributed by atoms with Crippen LogP contribution in [0, 0.1) is 11.8 Å². The van der Waals surface area contributed by atoms with Crippen LogP contribution in [0.25, 0.3) is 11.0 Å². The minimum atomic E-state index is 0.199. The van der Waals surface area contributed by atoms with E-state index in [1.807, 2.05) is 35.9 Å². The SMILES string of the molecule is CC(C(=O)Cc1nc2ccccc2n1C)C1CC1. The summed E-state index contributed by atoms with van der Waals surface area (Å²) in [6, 6.07) is 8.02. The summed E-state index contributed by atoms with van der Waals surface area (Å²) in [5.74, 6) is 2.04. The zero-order valence-corrected chi connectivity index (χ0v) is 10.9. The summed E-state index contributed by atoms with van der Waals surface area (Å²) in [6.07, 6.45) is 2.90. The lowest BCUT2D eigenvalue weighted by Gasteiger charge is -2.08. The second-order valence-electron chi connectivity index (χ2n) is 5.34. The van der Waals surface area contributed by atoms with E-state index in [0.29, 0.717) is 18.1 Å². The number of aromatic nitrogens is 2. The topological polar surface area (TPSA) is 34.9 Å². The first-order chi connectivity index (χ1) is 8.66. The molecular formula is C15H18N2O. The number of carbonyl (C=O) groups excluding carboxylic acids is 1. The Bertz CT molecular complexity index is 596. The van der Waals surface area contributed by atoms with Crippen molar-refractivity contribution in [2.75, 3.05) is 0 Å². The van der Waals surface area contributed by atoms with Gasteiger partial charge in [0.15, 0.2) is 0 Å². The molecule has 3 heteroatoms. The van der Waals surface area contributed by atoms with Gasteiger partial charge in [-0.3, -0.25) is 4.79 Å². The van der Waals surface area contributed by atoms with Crippen molar-refractivity contribution < 1.29 is 4.79 Å². The van der Waals surface area contributed by atoms with Crippen LogP contribution < -0.4 is 0 Å². The van der Waals surface area contributed by atoms with E-state index in [9.17, 15) is 4.79 Å².